The van der Waals surface area contributed by atoms with Crippen LogP contribution in [-0.4, -0.2) is 16.5 Å². The predicted octanol–water partition coefficient (Wildman–Crippen LogP) is 3.51. The Balaban J connectivity index is 2.23. The highest BCUT2D eigenvalue weighted by molar-refractivity contribution is 5.32. The van der Waals surface area contributed by atoms with Crippen molar-refractivity contribution in [2.24, 2.45) is 0 Å². The van der Waals surface area contributed by atoms with Crippen LogP contribution in [0.1, 0.15) is 13.3 Å². The van der Waals surface area contributed by atoms with Gasteiger partial charge in [-0.3, -0.25) is 0 Å². The normalized spacial score (nSPS) is 10.4. The van der Waals surface area contributed by atoms with E-state index in [-0.39, 0.29) is 11.7 Å². The lowest BCUT2D eigenvalue weighted by Gasteiger charge is -2.08. The number of nitrogens with one attached hydrogen (secondary N) is 1. The van der Waals surface area contributed by atoms with E-state index in [2.05, 4.69) is 15.3 Å². The molecule has 106 valence electrons. The molecule has 2 rings (SSSR count). The van der Waals surface area contributed by atoms with Crippen LogP contribution >= 0.6 is 0 Å². The topological polar surface area (TPSA) is 47.0 Å². The predicted molar refractivity (Wildman–Crippen MR) is 67.2 cm³/mol. The van der Waals surface area contributed by atoms with Gasteiger partial charge in [-0.1, -0.05) is 6.92 Å². The highest BCUT2D eigenvalue weighted by atomic mass is 19.1. The number of anilines is 1. The fourth-order valence-corrected chi connectivity index (χ4v) is 1.44. The van der Waals surface area contributed by atoms with Gasteiger partial charge in [0.25, 0.3) is 5.88 Å². The van der Waals surface area contributed by atoms with Crippen molar-refractivity contribution < 1.29 is 17.9 Å². The van der Waals surface area contributed by atoms with Crippen molar-refractivity contribution in [3.05, 3.63) is 41.8 Å². The molecular weight excluding hydrogens is 271 g/mol. The van der Waals surface area contributed by atoms with Gasteiger partial charge in [-0.05, 0) is 6.42 Å². The lowest BCUT2D eigenvalue weighted by atomic mass is 10.3. The van der Waals surface area contributed by atoms with Crippen molar-refractivity contribution in [2.75, 3.05) is 11.9 Å². The van der Waals surface area contributed by atoms with Crippen LogP contribution in [0.3, 0.4) is 0 Å². The highest BCUT2D eigenvalue weighted by Crippen LogP contribution is 2.24. The van der Waals surface area contributed by atoms with Crippen molar-refractivity contribution in [1.82, 2.24) is 9.97 Å². The van der Waals surface area contributed by atoms with Crippen LogP contribution in [0.4, 0.5) is 19.1 Å². The Morgan fingerprint density at radius 1 is 1.15 bits per heavy atom. The van der Waals surface area contributed by atoms with Gasteiger partial charge in [0, 0.05) is 24.7 Å². The third-order valence-electron chi connectivity index (χ3n) is 2.30. The molecule has 0 radical (unpaired) electrons. The molecule has 0 aliphatic rings. The average molecular weight is 283 g/mol. The summed E-state index contributed by atoms with van der Waals surface area (Å²) in [4.78, 5) is 7.53. The Bertz CT molecular complexity index is 587. The summed E-state index contributed by atoms with van der Waals surface area (Å²) in [7, 11) is 0. The van der Waals surface area contributed by atoms with Gasteiger partial charge in [-0.2, -0.15) is 9.37 Å². The van der Waals surface area contributed by atoms with E-state index in [9.17, 15) is 13.2 Å². The smallest absolute Gasteiger partial charge is 0.260 e. The summed E-state index contributed by atoms with van der Waals surface area (Å²) in [6, 6.07) is 2.56. The Morgan fingerprint density at radius 3 is 2.50 bits per heavy atom. The molecule has 4 nitrogen and oxygen atoms in total. The number of rotatable bonds is 5. The van der Waals surface area contributed by atoms with Gasteiger partial charge in [0.2, 0.25) is 11.8 Å². The Morgan fingerprint density at radius 2 is 1.85 bits per heavy atom. The molecule has 0 saturated heterocycles. The average Bonchev–Trinajstić information content (AvgIpc) is 2.38. The second-order valence-corrected chi connectivity index (χ2v) is 3.98. The van der Waals surface area contributed by atoms with E-state index < -0.39 is 23.3 Å². The standard InChI is InChI=1S/C13H12F3N3O/c1-2-3-17-13-18-7-11(16)12(19-13)20-10-5-8(14)4-9(15)6-10/h4-7H,2-3H2,1H3,(H,17,18,19). The van der Waals surface area contributed by atoms with Crippen molar-refractivity contribution in [3.63, 3.8) is 0 Å². The summed E-state index contributed by atoms with van der Waals surface area (Å²) in [5, 5.41) is 2.85. The monoisotopic (exact) mass is 283 g/mol. The molecular formula is C13H12F3N3O. The molecule has 0 unspecified atom stereocenters. The number of aromatic nitrogens is 2. The summed E-state index contributed by atoms with van der Waals surface area (Å²) in [6.45, 7) is 2.56. The lowest BCUT2D eigenvalue weighted by molar-refractivity contribution is 0.414. The SMILES string of the molecule is CCCNc1ncc(F)c(Oc2cc(F)cc(F)c2)n1. The minimum absolute atomic E-state index is 0.179. The molecule has 0 aliphatic carbocycles. The maximum Gasteiger partial charge on any atom is 0.260 e. The molecule has 1 N–H and O–H groups in total. The van der Waals surface area contributed by atoms with Gasteiger partial charge in [0.1, 0.15) is 17.4 Å². The second kappa shape index (κ2) is 6.23. The number of hydrogen-bond acceptors (Lipinski definition) is 4. The number of hydrogen-bond donors (Lipinski definition) is 1. The molecule has 0 spiro atoms. The van der Waals surface area contributed by atoms with Gasteiger partial charge >= 0.3 is 0 Å². The van der Waals surface area contributed by atoms with E-state index in [1.165, 1.54) is 0 Å². The first-order chi connectivity index (χ1) is 9.58. The molecule has 20 heavy (non-hydrogen) atoms. The van der Waals surface area contributed by atoms with Crippen LogP contribution in [0, 0.1) is 17.5 Å². The van der Waals surface area contributed by atoms with E-state index in [1.54, 1.807) is 0 Å². The minimum Gasteiger partial charge on any atom is -0.436 e. The molecule has 0 aliphatic heterocycles. The maximum atomic E-state index is 13.5. The van der Waals surface area contributed by atoms with Crippen molar-refractivity contribution in [1.29, 1.82) is 0 Å². The molecule has 1 aromatic heterocycles. The van der Waals surface area contributed by atoms with Crippen LogP contribution in [0.2, 0.25) is 0 Å². The zero-order chi connectivity index (χ0) is 14.5. The molecule has 2 aromatic rings. The largest absolute Gasteiger partial charge is 0.436 e. The van der Waals surface area contributed by atoms with Crippen LogP contribution < -0.4 is 10.1 Å². The summed E-state index contributed by atoms with van der Waals surface area (Å²) in [5.41, 5.74) is 0. The summed E-state index contributed by atoms with van der Waals surface area (Å²) in [6.07, 6.45) is 1.77. The zero-order valence-corrected chi connectivity index (χ0v) is 10.7. The molecule has 0 saturated carbocycles. The van der Waals surface area contributed by atoms with Gasteiger partial charge in [-0.25, -0.2) is 13.8 Å². The lowest BCUT2D eigenvalue weighted by Crippen LogP contribution is -2.05. The molecule has 0 fully saturated rings. The fourth-order valence-electron chi connectivity index (χ4n) is 1.44. The number of halogens is 3. The minimum atomic E-state index is -0.822. The fraction of sp³-hybridized carbons (Fsp3) is 0.231. The first-order valence-corrected chi connectivity index (χ1v) is 5.99. The molecule has 7 heteroatoms. The highest BCUT2D eigenvalue weighted by Gasteiger charge is 2.11. The van der Waals surface area contributed by atoms with Crippen molar-refractivity contribution >= 4 is 5.95 Å². The van der Waals surface area contributed by atoms with Crippen LogP contribution in [-0.2, 0) is 0 Å². The van der Waals surface area contributed by atoms with Gasteiger partial charge < -0.3 is 10.1 Å². The molecule has 0 amide bonds. The maximum absolute atomic E-state index is 13.5. The Kier molecular flexibility index (Phi) is 4.39. The van der Waals surface area contributed by atoms with E-state index in [0.717, 1.165) is 24.8 Å². The third kappa shape index (κ3) is 3.59. The number of benzene rings is 1. The van der Waals surface area contributed by atoms with Crippen LogP contribution in [0.25, 0.3) is 0 Å². The van der Waals surface area contributed by atoms with Crippen molar-refractivity contribution in [2.45, 2.75) is 13.3 Å². The van der Waals surface area contributed by atoms with Crippen molar-refractivity contribution in [3.8, 4) is 11.6 Å². The van der Waals surface area contributed by atoms with Gasteiger partial charge in [0.05, 0.1) is 6.20 Å². The summed E-state index contributed by atoms with van der Waals surface area (Å²) < 4.78 is 44.6. The molecule has 1 aromatic carbocycles. The quantitative estimate of drug-likeness (QED) is 0.912. The number of ether oxygens (including phenoxy) is 1. The zero-order valence-electron chi connectivity index (χ0n) is 10.7. The van der Waals surface area contributed by atoms with Crippen LogP contribution in [0.15, 0.2) is 24.4 Å². The first kappa shape index (κ1) is 14.1. The summed E-state index contributed by atoms with van der Waals surface area (Å²) in [5.74, 6) is -2.86. The van der Waals surface area contributed by atoms with Crippen LogP contribution in [0.5, 0.6) is 11.6 Å². The van der Waals surface area contributed by atoms with Gasteiger partial charge in [-0.15, -0.1) is 0 Å². The Hall–Kier alpha value is -2.31. The number of nitrogens with zero attached hydrogens (tertiary/aromatic N) is 2. The molecule has 1 heterocycles. The van der Waals surface area contributed by atoms with Gasteiger partial charge in [0.15, 0.2) is 0 Å². The van der Waals surface area contributed by atoms with E-state index in [4.69, 9.17) is 4.74 Å². The van der Waals surface area contributed by atoms with E-state index in [0.29, 0.717) is 12.6 Å². The molecule has 0 bridgehead atoms. The first-order valence-electron chi connectivity index (χ1n) is 5.99. The summed E-state index contributed by atoms with van der Waals surface area (Å²) >= 11 is 0. The van der Waals surface area contributed by atoms with E-state index >= 15 is 0 Å². The third-order valence-corrected chi connectivity index (χ3v) is 2.30. The Labute approximate surface area is 113 Å². The van der Waals surface area contributed by atoms with E-state index in [1.807, 2.05) is 6.92 Å². The molecule has 0 atom stereocenters. The second-order valence-electron chi connectivity index (χ2n) is 3.98.